The fraction of sp³-hybridized carbons (Fsp3) is 0.500. The van der Waals surface area contributed by atoms with Gasteiger partial charge in [0.25, 0.3) is 0 Å². The molecule has 2 nitrogen and oxygen atoms in total. The molecule has 0 saturated heterocycles. The van der Waals surface area contributed by atoms with Crippen LogP contribution in [0, 0.1) is 0 Å². The van der Waals surface area contributed by atoms with E-state index in [9.17, 15) is 0 Å². The highest BCUT2D eigenvalue weighted by atomic mass is 32.1. The first-order valence-corrected chi connectivity index (χ1v) is 7.76. The first-order valence-electron chi connectivity index (χ1n) is 6.94. The molecule has 19 heavy (non-hydrogen) atoms. The number of hydrogen-bond donors (Lipinski definition) is 1. The molecule has 2 aromatic rings. The van der Waals surface area contributed by atoms with Crippen molar-refractivity contribution in [3.8, 4) is 0 Å². The molecule has 0 radical (unpaired) electrons. The van der Waals surface area contributed by atoms with Crippen molar-refractivity contribution in [2.75, 3.05) is 0 Å². The van der Waals surface area contributed by atoms with E-state index in [1.54, 1.807) is 0 Å². The zero-order chi connectivity index (χ0) is 13.9. The van der Waals surface area contributed by atoms with Gasteiger partial charge in [0.15, 0.2) is 0 Å². The van der Waals surface area contributed by atoms with Crippen LogP contribution in [0.2, 0.25) is 0 Å². The number of hydrogen-bond acceptors (Lipinski definition) is 2. The molecule has 2 rings (SSSR count). The second-order valence-corrected chi connectivity index (χ2v) is 7.21. The van der Waals surface area contributed by atoms with Crippen molar-refractivity contribution in [1.29, 1.82) is 0 Å². The number of rotatable bonds is 5. The summed E-state index contributed by atoms with van der Waals surface area (Å²) in [6.07, 6.45) is 3.31. The summed E-state index contributed by atoms with van der Waals surface area (Å²) >= 11 is 1.92. The van der Waals surface area contributed by atoms with E-state index in [0.717, 1.165) is 19.5 Å². The Morgan fingerprint density at radius 3 is 2.53 bits per heavy atom. The van der Waals surface area contributed by atoms with E-state index in [1.165, 1.54) is 15.4 Å². The number of nitrogens with one attached hydrogen (secondary N) is 1. The van der Waals surface area contributed by atoms with Gasteiger partial charge in [-0.15, -0.1) is 11.3 Å². The number of nitrogens with zero attached hydrogens (tertiary/aromatic N) is 1. The van der Waals surface area contributed by atoms with Gasteiger partial charge in [0, 0.05) is 33.7 Å². The molecular formula is C16H24N2S. The lowest BCUT2D eigenvalue weighted by molar-refractivity contribution is 0.417. The topological polar surface area (TPSA) is 17.0 Å². The van der Waals surface area contributed by atoms with Gasteiger partial charge in [-0.1, -0.05) is 6.92 Å². The van der Waals surface area contributed by atoms with Crippen LogP contribution in [0.4, 0.5) is 0 Å². The van der Waals surface area contributed by atoms with Crippen LogP contribution in [0.25, 0.3) is 0 Å². The maximum atomic E-state index is 3.55. The van der Waals surface area contributed by atoms with Crippen molar-refractivity contribution in [2.45, 2.75) is 52.7 Å². The van der Waals surface area contributed by atoms with Crippen molar-refractivity contribution in [3.63, 3.8) is 0 Å². The van der Waals surface area contributed by atoms with Crippen LogP contribution in [0.1, 0.15) is 43.1 Å². The zero-order valence-electron chi connectivity index (χ0n) is 12.4. The molecule has 0 spiro atoms. The van der Waals surface area contributed by atoms with Gasteiger partial charge in [0.05, 0.1) is 6.54 Å². The van der Waals surface area contributed by atoms with Crippen LogP contribution >= 0.6 is 11.3 Å². The van der Waals surface area contributed by atoms with Crippen LogP contribution in [-0.2, 0) is 19.5 Å². The lowest BCUT2D eigenvalue weighted by Gasteiger charge is -2.21. The largest absolute Gasteiger partial charge is 0.345 e. The van der Waals surface area contributed by atoms with E-state index in [-0.39, 0.29) is 5.54 Å². The monoisotopic (exact) mass is 276 g/mol. The second-order valence-electron chi connectivity index (χ2n) is 5.95. The Hall–Kier alpha value is -1.06. The summed E-state index contributed by atoms with van der Waals surface area (Å²) < 4.78 is 2.34. The first-order chi connectivity index (χ1) is 8.98. The molecule has 0 saturated carbocycles. The SMILES string of the molecule is CCc1ccc(Cn2cccc2CNC(C)(C)C)s1. The number of aromatic nitrogens is 1. The fourth-order valence-corrected chi connectivity index (χ4v) is 2.94. The van der Waals surface area contributed by atoms with E-state index in [2.05, 4.69) is 68.0 Å². The number of aryl methyl sites for hydroxylation is 1. The van der Waals surface area contributed by atoms with Gasteiger partial charge >= 0.3 is 0 Å². The smallest absolute Gasteiger partial charge is 0.0566 e. The molecule has 0 aliphatic carbocycles. The third-order valence-electron chi connectivity index (χ3n) is 3.12. The molecule has 0 fully saturated rings. The van der Waals surface area contributed by atoms with Crippen molar-refractivity contribution in [3.05, 3.63) is 45.9 Å². The van der Waals surface area contributed by atoms with E-state index >= 15 is 0 Å². The van der Waals surface area contributed by atoms with E-state index in [0.29, 0.717) is 0 Å². The Morgan fingerprint density at radius 2 is 1.89 bits per heavy atom. The van der Waals surface area contributed by atoms with Crippen LogP contribution in [0.15, 0.2) is 30.5 Å². The van der Waals surface area contributed by atoms with Gasteiger partial charge in [0.1, 0.15) is 0 Å². The van der Waals surface area contributed by atoms with Gasteiger partial charge in [-0.2, -0.15) is 0 Å². The molecule has 0 aliphatic heterocycles. The highest BCUT2D eigenvalue weighted by Gasteiger charge is 2.10. The maximum absolute atomic E-state index is 3.55. The van der Waals surface area contributed by atoms with Crippen LogP contribution in [-0.4, -0.2) is 10.1 Å². The van der Waals surface area contributed by atoms with E-state index < -0.39 is 0 Å². The fourth-order valence-electron chi connectivity index (χ4n) is 1.99. The van der Waals surface area contributed by atoms with Gasteiger partial charge in [0.2, 0.25) is 0 Å². The lowest BCUT2D eigenvalue weighted by Crippen LogP contribution is -2.35. The minimum atomic E-state index is 0.160. The molecule has 3 heteroatoms. The molecule has 0 amide bonds. The number of thiophene rings is 1. The summed E-state index contributed by atoms with van der Waals surface area (Å²) in [4.78, 5) is 2.90. The quantitative estimate of drug-likeness (QED) is 0.872. The van der Waals surface area contributed by atoms with E-state index in [1.807, 2.05) is 11.3 Å². The van der Waals surface area contributed by atoms with Crippen molar-refractivity contribution < 1.29 is 0 Å². The van der Waals surface area contributed by atoms with Crippen LogP contribution in [0.5, 0.6) is 0 Å². The average Bonchev–Trinajstić information content (AvgIpc) is 2.95. The van der Waals surface area contributed by atoms with Gasteiger partial charge < -0.3 is 9.88 Å². The minimum absolute atomic E-state index is 0.160. The molecule has 0 unspecified atom stereocenters. The Kier molecular flexibility index (Phi) is 4.48. The lowest BCUT2D eigenvalue weighted by atomic mass is 10.1. The van der Waals surface area contributed by atoms with Gasteiger partial charge in [-0.25, -0.2) is 0 Å². The normalized spacial score (nSPS) is 12.0. The van der Waals surface area contributed by atoms with Crippen molar-refractivity contribution >= 4 is 11.3 Å². The second kappa shape index (κ2) is 5.93. The zero-order valence-corrected chi connectivity index (χ0v) is 13.2. The Morgan fingerprint density at radius 1 is 1.16 bits per heavy atom. The first kappa shape index (κ1) is 14.4. The van der Waals surface area contributed by atoms with Crippen molar-refractivity contribution in [1.82, 2.24) is 9.88 Å². The molecule has 104 valence electrons. The van der Waals surface area contributed by atoms with Crippen molar-refractivity contribution in [2.24, 2.45) is 0 Å². The van der Waals surface area contributed by atoms with Gasteiger partial charge in [-0.05, 0) is 51.5 Å². The highest BCUT2D eigenvalue weighted by Crippen LogP contribution is 2.19. The Labute approximate surface area is 120 Å². The summed E-state index contributed by atoms with van der Waals surface area (Å²) in [5.74, 6) is 0. The minimum Gasteiger partial charge on any atom is -0.345 e. The molecule has 2 aromatic heterocycles. The van der Waals surface area contributed by atoms with Gasteiger partial charge in [-0.3, -0.25) is 0 Å². The van der Waals surface area contributed by atoms with Crippen LogP contribution < -0.4 is 5.32 Å². The Balaban J connectivity index is 2.03. The molecule has 2 heterocycles. The third-order valence-corrected chi connectivity index (χ3v) is 4.33. The molecular weight excluding hydrogens is 252 g/mol. The summed E-state index contributed by atoms with van der Waals surface area (Å²) in [6.45, 7) is 10.7. The Bertz CT molecular complexity index is 517. The summed E-state index contributed by atoms with van der Waals surface area (Å²) in [7, 11) is 0. The summed E-state index contributed by atoms with van der Waals surface area (Å²) in [6, 6.07) is 8.84. The standard InChI is InChI=1S/C16H24N2S/c1-5-14-8-9-15(19-14)12-18-10-6-7-13(18)11-17-16(2,3)4/h6-10,17H,5,11-12H2,1-4H3. The highest BCUT2D eigenvalue weighted by molar-refractivity contribution is 7.11. The average molecular weight is 276 g/mol. The van der Waals surface area contributed by atoms with Crippen LogP contribution in [0.3, 0.4) is 0 Å². The molecule has 0 aromatic carbocycles. The maximum Gasteiger partial charge on any atom is 0.0566 e. The summed E-state index contributed by atoms with van der Waals surface area (Å²) in [5, 5.41) is 3.55. The molecule has 0 atom stereocenters. The predicted octanol–water partition coefficient (Wildman–Crippen LogP) is 4.05. The molecule has 0 aliphatic rings. The molecule has 0 bridgehead atoms. The summed E-state index contributed by atoms with van der Waals surface area (Å²) in [5.41, 5.74) is 1.51. The predicted molar refractivity (Wildman–Crippen MR) is 83.8 cm³/mol. The third kappa shape index (κ3) is 4.22. The molecule has 1 N–H and O–H groups in total. The van der Waals surface area contributed by atoms with E-state index in [4.69, 9.17) is 0 Å².